The highest BCUT2D eigenvalue weighted by Gasteiger charge is 2.21. The van der Waals surface area contributed by atoms with Gasteiger partial charge in [-0.05, 0) is 32.1 Å². The summed E-state index contributed by atoms with van der Waals surface area (Å²) in [4.78, 5) is 0. The van der Waals surface area contributed by atoms with E-state index in [1.807, 2.05) is 0 Å². The Labute approximate surface area is 94.1 Å². The number of nitrogens with one attached hydrogen (secondary N) is 1. The largest absolute Gasteiger partial charge is 0.310 e. The van der Waals surface area contributed by atoms with Gasteiger partial charge in [-0.1, -0.05) is 26.2 Å². The summed E-state index contributed by atoms with van der Waals surface area (Å²) in [5.41, 5.74) is 0. The fourth-order valence-electron chi connectivity index (χ4n) is 2.57. The zero-order chi connectivity index (χ0) is 11.1. The van der Waals surface area contributed by atoms with E-state index >= 15 is 0 Å². The molecular formula is C13H24N2. The summed E-state index contributed by atoms with van der Waals surface area (Å²) in [6, 6.07) is 3.25. The van der Waals surface area contributed by atoms with Crippen molar-refractivity contribution in [2.45, 2.75) is 70.9 Å². The van der Waals surface area contributed by atoms with E-state index in [0.29, 0.717) is 18.5 Å². The highest BCUT2D eigenvalue weighted by atomic mass is 14.9. The molecule has 1 aliphatic rings. The first-order chi connectivity index (χ1) is 7.27. The smallest absolute Gasteiger partial charge is 0.0638 e. The summed E-state index contributed by atoms with van der Waals surface area (Å²) < 4.78 is 0. The fourth-order valence-corrected chi connectivity index (χ4v) is 2.57. The molecule has 0 bridgehead atoms. The first-order valence-electron chi connectivity index (χ1n) is 6.41. The van der Waals surface area contributed by atoms with Gasteiger partial charge in [0.1, 0.15) is 0 Å². The maximum absolute atomic E-state index is 8.70. The van der Waals surface area contributed by atoms with E-state index in [9.17, 15) is 0 Å². The van der Waals surface area contributed by atoms with Crippen LogP contribution in [0, 0.1) is 17.2 Å². The molecule has 0 saturated heterocycles. The number of hydrogen-bond acceptors (Lipinski definition) is 2. The van der Waals surface area contributed by atoms with Gasteiger partial charge < -0.3 is 5.32 Å². The van der Waals surface area contributed by atoms with Crippen LogP contribution in [0.2, 0.25) is 0 Å². The van der Waals surface area contributed by atoms with Crippen LogP contribution in [-0.4, -0.2) is 12.1 Å². The molecule has 0 aromatic carbocycles. The summed E-state index contributed by atoms with van der Waals surface area (Å²) in [7, 11) is 0. The molecule has 1 rings (SSSR count). The summed E-state index contributed by atoms with van der Waals surface area (Å²) in [5.74, 6) is 0.839. The molecule has 1 fully saturated rings. The maximum atomic E-state index is 8.70. The van der Waals surface area contributed by atoms with Crippen molar-refractivity contribution < 1.29 is 0 Å². The van der Waals surface area contributed by atoms with Gasteiger partial charge in [-0.2, -0.15) is 5.26 Å². The van der Waals surface area contributed by atoms with Crippen LogP contribution in [0.5, 0.6) is 0 Å². The van der Waals surface area contributed by atoms with Crippen LogP contribution >= 0.6 is 0 Å². The minimum Gasteiger partial charge on any atom is -0.310 e. The van der Waals surface area contributed by atoms with Gasteiger partial charge in [0.25, 0.3) is 0 Å². The molecule has 2 atom stereocenters. The van der Waals surface area contributed by atoms with Gasteiger partial charge in [0.05, 0.1) is 12.5 Å². The molecule has 2 nitrogen and oxygen atoms in total. The predicted octanol–water partition coefficient (Wildman–Crippen LogP) is 3.24. The van der Waals surface area contributed by atoms with Crippen molar-refractivity contribution in [3.8, 4) is 6.07 Å². The van der Waals surface area contributed by atoms with Crippen LogP contribution < -0.4 is 5.32 Å². The first-order valence-corrected chi connectivity index (χ1v) is 6.41. The normalized spacial score (nSPS) is 21.9. The van der Waals surface area contributed by atoms with Crippen molar-refractivity contribution in [3.05, 3.63) is 0 Å². The molecule has 0 amide bonds. The SMILES string of the molecule is CCC(CC#N)N[C@@H](C)C1CCCCC1. The van der Waals surface area contributed by atoms with E-state index in [0.717, 1.165) is 12.3 Å². The average molecular weight is 208 g/mol. The van der Waals surface area contributed by atoms with Crippen molar-refractivity contribution in [1.29, 1.82) is 5.26 Å². The third-order valence-electron chi connectivity index (χ3n) is 3.69. The van der Waals surface area contributed by atoms with Crippen LogP contribution in [-0.2, 0) is 0 Å². The van der Waals surface area contributed by atoms with Gasteiger partial charge in [0.2, 0.25) is 0 Å². The average Bonchev–Trinajstić information content (AvgIpc) is 2.29. The Morgan fingerprint density at radius 2 is 2.00 bits per heavy atom. The minimum absolute atomic E-state index is 0.395. The summed E-state index contributed by atoms with van der Waals surface area (Å²) in [6.45, 7) is 4.44. The van der Waals surface area contributed by atoms with E-state index < -0.39 is 0 Å². The number of rotatable bonds is 5. The van der Waals surface area contributed by atoms with Gasteiger partial charge in [-0.15, -0.1) is 0 Å². The third kappa shape index (κ3) is 4.22. The van der Waals surface area contributed by atoms with Crippen LogP contribution in [0.15, 0.2) is 0 Å². The van der Waals surface area contributed by atoms with E-state index in [2.05, 4.69) is 25.2 Å². The molecule has 86 valence electrons. The lowest BCUT2D eigenvalue weighted by molar-refractivity contribution is 0.262. The summed E-state index contributed by atoms with van der Waals surface area (Å²) >= 11 is 0. The lowest BCUT2D eigenvalue weighted by atomic mass is 9.84. The van der Waals surface area contributed by atoms with Gasteiger partial charge in [-0.3, -0.25) is 0 Å². The van der Waals surface area contributed by atoms with Crippen molar-refractivity contribution in [1.82, 2.24) is 5.32 Å². The molecule has 1 aliphatic carbocycles. The molecule has 1 N–H and O–H groups in total. The monoisotopic (exact) mass is 208 g/mol. The topological polar surface area (TPSA) is 35.8 Å². The molecule has 0 aromatic heterocycles. The van der Waals surface area contributed by atoms with Gasteiger partial charge in [0, 0.05) is 12.1 Å². The van der Waals surface area contributed by atoms with Crippen LogP contribution in [0.1, 0.15) is 58.8 Å². The molecular weight excluding hydrogens is 184 g/mol. The van der Waals surface area contributed by atoms with Crippen LogP contribution in [0.4, 0.5) is 0 Å². The van der Waals surface area contributed by atoms with Crippen molar-refractivity contribution in [2.75, 3.05) is 0 Å². The highest BCUT2D eigenvalue weighted by molar-refractivity contribution is 4.84. The van der Waals surface area contributed by atoms with E-state index in [1.165, 1.54) is 32.1 Å². The molecule has 1 unspecified atom stereocenters. The van der Waals surface area contributed by atoms with Gasteiger partial charge in [-0.25, -0.2) is 0 Å². The van der Waals surface area contributed by atoms with E-state index in [-0.39, 0.29) is 0 Å². The Morgan fingerprint density at radius 1 is 1.33 bits per heavy atom. The zero-order valence-electron chi connectivity index (χ0n) is 10.1. The molecule has 0 spiro atoms. The van der Waals surface area contributed by atoms with Crippen molar-refractivity contribution in [2.24, 2.45) is 5.92 Å². The van der Waals surface area contributed by atoms with E-state index in [4.69, 9.17) is 5.26 Å². The second kappa shape index (κ2) is 6.85. The second-order valence-electron chi connectivity index (χ2n) is 4.82. The second-order valence-corrected chi connectivity index (χ2v) is 4.82. The number of nitrogens with zero attached hydrogens (tertiary/aromatic N) is 1. The van der Waals surface area contributed by atoms with E-state index in [1.54, 1.807) is 0 Å². The fraction of sp³-hybridized carbons (Fsp3) is 0.923. The number of nitriles is 1. The lowest BCUT2D eigenvalue weighted by Crippen LogP contribution is -2.41. The summed E-state index contributed by atoms with van der Waals surface area (Å²) in [5, 5.41) is 12.3. The molecule has 15 heavy (non-hydrogen) atoms. The Morgan fingerprint density at radius 3 is 2.53 bits per heavy atom. The number of hydrogen-bond donors (Lipinski definition) is 1. The molecule has 0 heterocycles. The predicted molar refractivity (Wildman–Crippen MR) is 63.5 cm³/mol. The molecule has 0 aliphatic heterocycles. The maximum Gasteiger partial charge on any atom is 0.0638 e. The minimum atomic E-state index is 0.395. The third-order valence-corrected chi connectivity index (χ3v) is 3.69. The Hall–Kier alpha value is -0.550. The zero-order valence-corrected chi connectivity index (χ0v) is 10.1. The van der Waals surface area contributed by atoms with Gasteiger partial charge in [0.15, 0.2) is 0 Å². The Bertz CT molecular complexity index is 201. The molecule has 0 aromatic rings. The van der Waals surface area contributed by atoms with Crippen molar-refractivity contribution >= 4 is 0 Å². The van der Waals surface area contributed by atoms with Crippen molar-refractivity contribution in [3.63, 3.8) is 0 Å². The Kier molecular flexibility index (Phi) is 5.71. The quantitative estimate of drug-likeness (QED) is 0.753. The molecule has 1 saturated carbocycles. The highest BCUT2D eigenvalue weighted by Crippen LogP contribution is 2.26. The van der Waals surface area contributed by atoms with Crippen LogP contribution in [0.25, 0.3) is 0 Å². The van der Waals surface area contributed by atoms with Crippen LogP contribution in [0.3, 0.4) is 0 Å². The Balaban J connectivity index is 2.32. The van der Waals surface area contributed by atoms with Gasteiger partial charge >= 0.3 is 0 Å². The standard InChI is InChI=1S/C13H24N2/c1-3-13(9-10-14)15-11(2)12-7-5-4-6-8-12/h11-13,15H,3-9H2,1-2H3/t11-,13?/m0/s1. The molecule has 2 heteroatoms. The molecule has 0 radical (unpaired) electrons. The first kappa shape index (κ1) is 12.5. The summed E-state index contributed by atoms with van der Waals surface area (Å²) in [6.07, 6.45) is 8.66. The lowest BCUT2D eigenvalue weighted by Gasteiger charge is -2.30.